The van der Waals surface area contributed by atoms with Gasteiger partial charge in [-0.1, -0.05) is 27.7 Å². The largest absolute Gasteiger partial charge is 0.254 e. The first-order chi connectivity index (χ1) is 8.47. The molecular weight excluding hydrogens is 220 g/mol. The Bertz CT molecular complexity index is 373. The standard InChI is InChI=1S/C16H28N2/c1-9-12-11-7-8-16(4,15(11,2)3)14(12)18-17-13(9)10-5-6-10/h9-14,17-18H,5-8H2,1-4H3/t9?,11-,12?,13?,14?,16-/m1/s1. The van der Waals surface area contributed by atoms with Crippen LogP contribution >= 0.6 is 0 Å². The van der Waals surface area contributed by atoms with Crippen molar-refractivity contribution in [3.8, 4) is 0 Å². The number of rotatable bonds is 1. The van der Waals surface area contributed by atoms with Crippen LogP contribution < -0.4 is 10.9 Å². The molecule has 4 unspecified atom stereocenters. The lowest BCUT2D eigenvalue weighted by atomic mass is 9.67. The minimum absolute atomic E-state index is 0.498. The van der Waals surface area contributed by atoms with Gasteiger partial charge < -0.3 is 0 Å². The molecule has 1 saturated heterocycles. The topological polar surface area (TPSA) is 24.1 Å². The smallest absolute Gasteiger partial charge is 0.0306 e. The fraction of sp³-hybridized carbons (Fsp3) is 1.00. The maximum atomic E-state index is 3.76. The average molecular weight is 248 g/mol. The summed E-state index contributed by atoms with van der Waals surface area (Å²) in [5.41, 5.74) is 8.48. The normalized spacial score (nSPS) is 57.7. The number of nitrogens with one attached hydrogen (secondary N) is 2. The second-order valence-corrected chi connectivity index (χ2v) is 8.35. The summed E-state index contributed by atoms with van der Waals surface area (Å²) in [4.78, 5) is 0. The first-order valence-corrected chi connectivity index (χ1v) is 7.98. The third-order valence-corrected chi connectivity index (χ3v) is 7.62. The first-order valence-electron chi connectivity index (χ1n) is 7.98. The SMILES string of the molecule is CC1C(C2CC2)NNC2C1[C@H]1CC[C@@]2(C)C1(C)C. The molecule has 2 heteroatoms. The molecule has 2 nitrogen and oxygen atoms in total. The maximum absolute atomic E-state index is 3.76. The summed E-state index contributed by atoms with van der Waals surface area (Å²) in [6, 6.07) is 1.45. The molecule has 0 aromatic heterocycles. The van der Waals surface area contributed by atoms with E-state index in [0.717, 1.165) is 29.7 Å². The van der Waals surface area contributed by atoms with Crippen molar-refractivity contribution in [2.24, 2.45) is 34.5 Å². The number of hydrogen-bond donors (Lipinski definition) is 2. The van der Waals surface area contributed by atoms with Crippen molar-refractivity contribution in [2.45, 2.75) is 65.5 Å². The van der Waals surface area contributed by atoms with Crippen molar-refractivity contribution in [3.05, 3.63) is 0 Å². The summed E-state index contributed by atoms with van der Waals surface area (Å²) in [5.74, 6) is 3.67. The molecule has 4 rings (SSSR count). The Morgan fingerprint density at radius 1 is 1.00 bits per heavy atom. The zero-order valence-corrected chi connectivity index (χ0v) is 12.3. The number of hydrogen-bond acceptors (Lipinski definition) is 2. The summed E-state index contributed by atoms with van der Waals surface area (Å²) in [6.45, 7) is 10.1. The van der Waals surface area contributed by atoms with Crippen LogP contribution in [0.5, 0.6) is 0 Å². The van der Waals surface area contributed by atoms with E-state index < -0.39 is 0 Å². The molecule has 0 amide bonds. The van der Waals surface area contributed by atoms with Crippen LogP contribution in [0.15, 0.2) is 0 Å². The number of hydrazine groups is 1. The van der Waals surface area contributed by atoms with E-state index in [0.29, 0.717) is 16.9 Å². The van der Waals surface area contributed by atoms with Crippen LogP contribution in [0, 0.1) is 34.5 Å². The molecule has 0 spiro atoms. The van der Waals surface area contributed by atoms with Crippen molar-refractivity contribution < 1.29 is 0 Å². The molecule has 2 bridgehead atoms. The molecule has 4 fully saturated rings. The van der Waals surface area contributed by atoms with Crippen molar-refractivity contribution in [1.82, 2.24) is 10.9 Å². The molecular formula is C16H28N2. The van der Waals surface area contributed by atoms with Gasteiger partial charge in [0.2, 0.25) is 0 Å². The summed E-state index contributed by atoms with van der Waals surface area (Å²) >= 11 is 0. The highest BCUT2D eigenvalue weighted by Crippen LogP contribution is 2.69. The van der Waals surface area contributed by atoms with Gasteiger partial charge in [-0.2, -0.15) is 0 Å². The lowest BCUT2D eigenvalue weighted by Crippen LogP contribution is -2.64. The van der Waals surface area contributed by atoms with Crippen LogP contribution in [0.2, 0.25) is 0 Å². The summed E-state index contributed by atoms with van der Waals surface area (Å²) in [6.07, 6.45) is 5.79. The molecule has 0 radical (unpaired) electrons. The Labute approximate surface area is 111 Å². The monoisotopic (exact) mass is 248 g/mol. The van der Waals surface area contributed by atoms with Gasteiger partial charge in [-0.05, 0) is 60.2 Å². The highest BCUT2D eigenvalue weighted by molar-refractivity contribution is 5.19. The van der Waals surface area contributed by atoms with Gasteiger partial charge >= 0.3 is 0 Å². The molecule has 6 atom stereocenters. The lowest BCUT2D eigenvalue weighted by Gasteiger charge is -2.48. The molecule has 1 heterocycles. The zero-order chi connectivity index (χ0) is 12.7. The minimum atomic E-state index is 0.498. The van der Waals surface area contributed by atoms with Gasteiger partial charge in [0.05, 0.1) is 0 Å². The van der Waals surface area contributed by atoms with Gasteiger partial charge in [0.25, 0.3) is 0 Å². The molecule has 4 aliphatic rings. The van der Waals surface area contributed by atoms with E-state index >= 15 is 0 Å². The Hall–Kier alpha value is -0.0800. The summed E-state index contributed by atoms with van der Waals surface area (Å²) in [5, 5.41) is 0. The van der Waals surface area contributed by atoms with Crippen LogP contribution in [-0.4, -0.2) is 12.1 Å². The van der Waals surface area contributed by atoms with Crippen LogP contribution in [0.3, 0.4) is 0 Å². The Morgan fingerprint density at radius 3 is 2.39 bits per heavy atom. The molecule has 18 heavy (non-hydrogen) atoms. The lowest BCUT2D eigenvalue weighted by molar-refractivity contribution is 0.0408. The second-order valence-electron chi connectivity index (χ2n) is 8.35. The third kappa shape index (κ3) is 1.17. The van der Waals surface area contributed by atoms with E-state index in [-0.39, 0.29) is 0 Å². The van der Waals surface area contributed by atoms with E-state index in [1.807, 2.05) is 0 Å². The van der Waals surface area contributed by atoms with E-state index in [9.17, 15) is 0 Å². The van der Waals surface area contributed by atoms with Gasteiger partial charge in [0, 0.05) is 12.1 Å². The average Bonchev–Trinajstić information content (AvgIpc) is 3.08. The molecule has 0 aromatic rings. The molecule has 3 saturated carbocycles. The van der Waals surface area contributed by atoms with Gasteiger partial charge in [-0.15, -0.1) is 0 Å². The maximum Gasteiger partial charge on any atom is 0.0306 e. The molecule has 102 valence electrons. The predicted molar refractivity (Wildman–Crippen MR) is 73.8 cm³/mol. The second kappa shape index (κ2) is 3.32. The molecule has 0 aromatic carbocycles. The van der Waals surface area contributed by atoms with E-state index in [2.05, 4.69) is 38.5 Å². The zero-order valence-electron chi connectivity index (χ0n) is 12.3. The van der Waals surface area contributed by atoms with E-state index in [1.54, 1.807) is 0 Å². The highest BCUT2D eigenvalue weighted by atomic mass is 15.4. The fourth-order valence-corrected chi connectivity index (χ4v) is 5.93. The van der Waals surface area contributed by atoms with Crippen molar-refractivity contribution in [1.29, 1.82) is 0 Å². The van der Waals surface area contributed by atoms with Crippen molar-refractivity contribution in [3.63, 3.8) is 0 Å². The Morgan fingerprint density at radius 2 is 1.72 bits per heavy atom. The van der Waals surface area contributed by atoms with Crippen molar-refractivity contribution >= 4 is 0 Å². The molecule has 1 aliphatic heterocycles. The van der Waals surface area contributed by atoms with E-state index in [1.165, 1.54) is 25.7 Å². The fourth-order valence-electron chi connectivity index (χ4n) is 5.93. The quantitative estimate of drug-likeness (QED) is 0.745. The highest BCUT2D eigenvalue weighted by Gasteiger charge is 2.68. The summed E-state index contributed by atoms with van der Waals surface area (Å²) < 4.78 is 0. The van der Waals surface area contributed by atoms with Gasteiger partial charge in [0.15, 0.2) is 0 Å². The van der Waals surface area contributed by atoms with Gasteiger partial charge in [-0.3, -0.25) is 10.9 Å². The van der Waals surface area contributed by atoms with Crippen LogP contribution in [-0.2, 0) is 0 Å². The van der Waals surface area contributed by atoms with Gasteiger partial charge in [-0.25, -0.2) is 0 Å². The molecule has 3 aliphatic carbocycles. The Balaban J connectivity index is 1.69. The third-order valence-electron chi connectivity index (χ3n) is 7.62. The first kappa shape index (κ1) is 11.7. The predicted octanol–water partition coefficient (Wildman–Crippen LogP) is 2.95. The van der Waals surface area contributed by atoms with Crippen LogP contribution in [0.25, 0.3) is 0 Å². The van der Waals surface area contributed by atoms with Gasteiger partial charge in [0.1, 0.15) is 0 Å². The number of fused-ring (bicyclic) bond motifs is 5. The van der Waals surface area contributed by atoms with Crippen molar-refractivity contribution in [2.75, 3.05) is 0 Å². The van der Waals surface area contributed by atoms with E-state index in [4.69, 9.17) is 0 Å². The summed E-state index contributed by atoms with van der Waals surface area (Å²) in [7, 11) is 0. The van der Waals surface area contributed by atoms with Crippen LogP contribution in [0.4, 0.5) is 0 Å². The molecule has 2 N–H and O–H groups in total. The van der Waals surface area contributed by atoms with Crippen LogP contribution in [0.1, 0.15) is 53.4 Å². The Kier molecular flexibility index (Phi) is 2.16. The minimum Gasteiger partial charge on any atom is -0.254 e.